The summed E-state index contributed by atoms with van der Waals surface area (Å²) in [5.74, 6) is -6.86. The van der Waals surface area contributed by atoms with E-state index in [9.17, 15) is 58.8 Å². The van der Waals surface area contributed by atoms with E-state index in [1.54, 1.807) is 24.3 Å². The van der Waals surface area contributed by atoms with Gasteiger partial charge in [-0.15, -0.1) is 0 Å². The van der Waals surface area contributed by atoms with Crippen molar-refractivity contribution in [3.63, 3.8) is 0 Å². The van der Waals surface area contributed by atoms with Crippen molar-refractivity contribution in [1.82, 2.24) is 0 Å². The molecule has 24 atom stereocenters. The van der Waals surface area contributed by atoms with Gasteiger partial charge in [0, 0.05) is 61.6 Å². The van der Waals surface area contributed by atoms with Crippen molar-refractivity contribution in [3.05, 3.63) is 113 Å². The van der Waals surface area contributed by atoms with Gasteiger partial charge in [0.05, 0.1) is 75.3 Å². The smallest absolute Gasteiger partial charge is 0.315 e. The molecule has 464 valence electrons. The molecule has 20 nitrogen and oxygen atoms in total. The highest BCUT2D eigenvalue weighted by Crippen LogP contribution is 2.61. The summed E-state index contributed by atoms with van der Waals surface area (Å²) in [4.78, 5) is 98.0. The average molecular weight is 1770 g/mol. The fourth-order valence-electron chi connectivity index (χ4n) is 16.8. The Bertz CT molecular complexity index is 3500. The molecule has 12 fully saturated rings. The zero-order valence-electron chi connectivity index (χ0n) is 46.6. The van der Waals surface area contributed by atoms with Crippen molar-refractivity contribution in [2.45, 2.75) is 95.0 Å². The number of aliphatic hydroxyl groups excluding tert-OH is 4. The van der Waals surface area contributed by atoms with Crippen LogP contribution in [0.4, 0.5) is 0 Å². The Hall–Kier alpha value is -3.87. The van der Waals surface area contributed by atoms with Crippen molar-refractivity contribution in [3.8, 4) is 17.2 Å². The number of benzene rings is 4. The first kappa shape index (κ1) is 62.9. The normalized spacial score (nSPS) is 38.2. The first-order valence-electron chi connectivity index (χ1n) is 29.0. The summed E-state index contributed by atoms with van der Waals surface area (Å²) in [6.07, 6.45) is -2.01. The number of hydrogen-bond donors (Lipinski definition) is 4. The molecule has 16 rings (SSSR count). The van der Waals surface area contributed by atoms with E-state index in [2.05, 4.69) is 113 Å². The van der Waals surface area contributed by atoms with Gasteiger partial charge in [-0.3, -0.25) is 38.4 Å². The van der Waals surface area contributed by atoms with Crippen LogP contribution in [0.3, 0.4) is 0 Å². The standard InChI is InChI=1S/C16H14I2O5.2C16H15IO5.C15H13IO5/c1-5-2-6(17)3-9(18)13(5)22-15(20)10-7-4-8-11(10)16(21)23-14(8)12(7)19;1-6-2-7(17)4-8(3-6)21-15(19)11-9-5-10-12(11)16(20)22-14(10)13(9)18;17-8-3-1-7(2-4-8)6-21-15(19)11-9-5-10-12(11)16(20)22-14(10)13(9)18;16-6-1-3-7(4-2-6)20-14(18)10-8-5-9-11(10)15(19)21-13(9)12(8)17/h2-3,7-8,10-12,14,19H,4H2,1H3;2-4,9-14,18H,5H2,1H3;1-4,9-14,18H,5-6H2;1-4,8-13,17H,5H2. The van der Waals surface area contributed by atoms with E-state index in [-0.39, 0.29) is 77.8 Å². The maximum atomic E-state index is 12.7. The van der Waals surface area contributed by atoms with Crippen molar-refractivity contribution >= 4 is 161 Å². The molecule has 25 heteroatoms. The minimum atomic E-state index is -0.753. The van der Waals surface area contributed by atoms with Crippen LogP contribution in [-0.2, 0) is 68.6 Å². The van der Waals surface area contributed by atoms with Crippen LogP contribution in [0.25, 0.3) is 0 Å². The highest BCUT2D eigenvalue weighted by Gasteiger charge is 2.72. The lowest BCUT2D eigenvalue weighted by Gasteiger charge is -2.27. The van der Waals surface area contributed by atoms with Gasteiger partial charge in [-0.25, -0.2) is 0 Å². The third-order valence-electron chi connectivity index (χ3n) is 20.3. The molecule has 8 bridgehead atoms. The summed E-state index contributed by atoms with van der Waals surface area (Å²) in [7, 11) is 0. The van der Waals surface area contributed by atoms with Gasteiger partial charge in [0.15, 0.2) is 0 Å². The van der Waals surface area contributed by atoms with Crippen molar-refractivity contribution in [2.24, 2.45) is 94.7 Å². The third-order valence-corrected chi connectivity index (χ3v) is 23.8. The van der Waals surface area contributed by atoms with Crippen LogP contribution in [0.15, 0.2) is 78.9 Å². The summed E-state index contributed by atoms with van der Waals surface area (Å²) < 4.78 is 47.9. The van der Waals surface area contributed by atoms with E-state index in [1.165, 1.54) is 0 Å². The number of rotatable bonds is 9. The molecule has 0 amide bonds. The fourth-order valence-corrected chi connectivity index (χ4v) is 20.6. The number of carbonyl (C=O) groups is 8. The van der Waals surface area contributed by atoms with Crippen LogP contribution in [0.2, 0.25) is 0 Å². The molecule has 4 aliphatic heterocycles. The van der Waals surface area contributed by atoms with Crippen LogP contribution >= 0.6 is 113 Å². The largest absolute Gasteiger partial charge is 0.461 e. The molecular formula is C63H57I5O20. The summed E-state index contributed by atoms with van der Waals surface area (Å²) in [5, 5.41) is 40.8. The van der Waals surface area contributed by atoms with Gasteiger partial charge in [-0.05, 0) is 236 Å². The van der Waals surface area contributed by atoms with Gasteiger partial charge in [0.25, 0.3) is 0 Å². The molecule has 0 aromatic heterocycles. The lowest BCUT2D eigenvalue weighted by molar-refractivity contribution is -0.157. The fraction of sp³-hybridized carbons (Fsp3) is 0.492. The molecule has 4 aromatic rings. The van der Waals surface area contributed by atoms with E-state index in [0.717, 1.165) is 34.5 Å². The Morgan fingerprint density at radius 1 is 0.432 bits per heavy atom. The SMILES string of the molecule is Cc1cc(I)cc(I)c1OC(=O)C1C2CC3C(OC(=O)C31)C2O.Cc1cc(I)cc(OC(=O)C2C3CC4C(OC(=O)C42)C3O)c1.O=C(OCc1ccc(I)cc1)C1C2CC3C(OC(=O)C31)C2O.O=C(Oc1ccc(I)cc1)C1C2CC3C(OC(=O)C31)C2O. The number of fused-ring (bicyclic) bond motifs is 4. The Balaban J connectivity index is 0.000000108. The Morgan fingerprint density at radius 3 is 1.19 bits per heavy atom. The second-order valence-electron chi connectivity index (χ2n) is 25.0. The van der Waals surface area contributed by atoms with E-state index in [0.29, 0.717) is 42.9 Å². The quantitative estimate of drug-likeness (QED) is 0.0578. The second-order valence-corrected chi connectivity index (χ2v) is 31.1. The van der Waals surface area contributed by atoms with Crippen LogP contribution in [-0.4, -0.2) is 117 Å². The zero-order chi connectivity index (χ0) is 62.2. The minimum Gasteiger partial charge on any atom is -0.461 e. The van der Waals surface area contributed by atoms with Crippen LogP contribution < -0.4 is 14.2 Å². The Morgan fingerprint density at radius 2 is 0.795 bits per heavy atom. The summed E-state index contributed by atoms with van der Waals surface area (Å²) >= 11 is 10.9. The molecule has 4 saturated heterocycles. The van der Waals surface area contributed by atoms with E-state index in [1.807, 2.05) is 68.4 Å². The number of esters is 8. The number of aliphatic hydroxyl groups is 4. The van der Waals surface area contributed by atoms with Gasteiger partial charge >= 0.3 is 47.8 Å². The Labute approximate surface area is 571 Å². The number of carbonyl (C=O) groups excluding carboxylic acids is 8. The first-order chi connectivity index (χ1) is 41.9. The molecule has 4 aromatic carbocycles. The number of aryl methyl sites for hydroxylation is 2. The van der Waals surface area contributed by atoms with E-state index >= 15 is 0 Å². The van der Waals surface area contributed by atoms with Crippen LogP contribution in [0.1, 0.15) is 42.4 Å². The van der Waals surface area contributed by atoms with Gasteiger partial charge in [-0.2, -0.15) is 0 Å². The first-order valence-corrected chi connectivity index (χ1v) is 34.4. The lowest BCUT2D eigenvalue weighted by Crippen LogP contribution is -2.42. The molecule has 0 spiro atoms. The summed E-state index contributed by atoms with van der Waals surface area (Å²) in [5.41, 5.74) is 2.79. The molecular weight excluding hydrogens is 1710 g/mol. The summed E-state index contributed by atoms with van der Waals surface area (Å²) in [6.45, 7) is 4.01. The molecule has 24 unspecified atom stereocenters. The Kier molecular flexibility index (Phi) is 17.6. The predicted octanol–water partition coefficient (Wildman–Crippen LogP) is 6.82. The summed E-state index contributed by atoms with van der Waals surface area (Å²) in [6, 6.07) is 24.3. The topological polar surface area (TPSA) is 291 Å². The van der Waals surface area contributed by atoms with Gasteiger partial charge in [0.2, 0.25) is 0 Å². The molecule has 4 N–H and O–H groups in total. The molecule has 0 radical (unpaired) electrons. The van der Waals surface area contributed by atoms with E-state index < -0.39 is 120 Å². The van der Waals surface area contributed by atoms with Crippen LogP contribution in [0.5, 0.6) is 17.2 Å². The monoisotopic (exact) mass is 1770 g/mol. The third kappa shape index (κ3) is 11.1. The predicted molar refractivity (Wildman–Crippen MR) is 343 cm³/mol. The highest BCUT2D eigenvalue weighted by atomic mass is 127. The minimum absolute atomic E-state index is 0.0247. The van der Waals surface area contributed by atoms with Crippen molar-refractivity contribution < 1.29 is 96.7 Å². The lowest BCUT2D eigenvalue weighted by atomic mass is 9.78. The average Bonchev–Trinajstić information content (AvgIpc) is 1.67. The molecule has 12 aliphatic rings. The van der Waals surface area contributed by atoms with Crippen LogP contribution in [0, 0.1) is 126 Å². The van der Waals surface area contributed by atoms with Gasteiger partial charge in [0.1, 0.15) is 48.3 Å². The number of ether oxygens (including phenoxy) is 8. The second kappa shape index (κ2) is 24.6. The number of halogens is 5. The number of hydrogen-bond acceptors (Lipinski definition) is 20. The van der Waals surface area contributed by atoms with Crippen molar-refractivity contribution in [2.75, 3.05) is 0 Å². The molecule has 88 heavy (non-hydrogen) atoms. The highest BCUT2D eigenvalue weighted by molar-refractivity contribution is 14.1. The van der Waals surface area contributed by atoms with E-state index in [4.69, 9.17) is 37.9 Å². The van der Waals surface area contributed by atoms with Gasteiger partial charge < -0.3 is 58.3 Å². The maximum absolute atomic E-state index is 12.7. The van der Waals surface area contributed by atoms with Crippen molar-refractivity contribution in [1.29, 1.82) is 0 Å². The van der Waals surface area contributed by atoms with Gasteiger partial charge in [-0.1, -0.05) is 12.1 Å². The zero-order valence-corrected chi connectivity index (χ0v) is 57.4. The maximum Gasteiger partial charge on any atom is 0.315 e. The molecule has 8 aliphatic carbocycles. The molecule has 4 heterocycles. The molecule has 8 saturated carbocycles.